The molecular formula is C27H27N3O2. The normalized spacial score (nSPS) is 13.3. The van der Waals surface area contributed by atoms with Crippen molar-refractivity contribution in [2.75, 3.05) is 30.4 Å². The van der Waals surface area contributed by atoms with Crippen molar-refractivity contribution in [3.05, 3.63) is 95.6 Å². The van der Waals surface area contributed by atoms with Crippen LogP contribution < -0.4 is 15.0 Å². The van der Waals surface area contributed by atoms with Gasteiger partial charge in [0.2, 0.25) is 5.91 Å². The quantitative estimate of drug-likeness (QED) is 0.592. The van der Waals surface area contributed by atoms with Crippen molar-refractivity contribution in [3.8, 4) is 5.75 Å². The van der Waals surface area contributed by atoms with Gasteiger partial charge < -0.3 is 15.0 Å². The number of hydrogen-bond acceptors (Lipinski definition) is 4. The van der Waals surface area contributed by atoms with Crippen LogP contribution in [-0.4, -0.2) is 31.8 Å². The van der Waals surface area contributed by atoms with Crippen LogP contribution in [0.5, 0.6) is 5.75 Å². The number of amides is 1. The number of anilines is 2. The monoisotopic (exact) mass is 425 g/mol. The zero-order valence-corrected chi connectivity index (χ0v) is 18.4. The third-order valence-corrected chi connectivity index (χ3v) is 5.28. The lowest BCUT2D eigenvalue weighted by atomic mass is 10.1. The first-order valence-corrected chi connectivity index (χ1v) is 10.7. The number of hydrogen-bond donors (Lipinski definition) is 1. The lowest BCUT2D eigenvalue weighted by Gasteiger charge is -2.18. The van der Waals surface area contributed by atoms with E-state index >= 15 is 0 Å². The third-order valence-electron chi connectivity index (χ3n) is 5.28. The minimum Gasteiger partial charge on any atom is -0.489 e. The summed E-state index contributed by atoms with van der Waals surface area (Å²) in [5.41, 5.74) is 6.22. The Balaban J connectivity index is 1.43. The first kappa shape index (κ1) is 21.4. The number of nitrogens with zero attached hydrogens (tertiary/aromatic N) is 2. The maximum absolute atomic E-state index is 11.1. The van der Waals surface area contributed by atoms with E-state index in [1.54, 1.807) is 0 Å². The van der Waals surface area contributed by atoms with Crippen molar-refractivity contribution < 1.29 is 9.53 Å². The van der Waals surface area contributed by atoms with Crippen molar-refractivity contribution >= 4 is 29.1 Å². The molecule has 1 amide bonds. The van der Waals surface area contributed by atoms with Gasteiger partial charge in [0.05, 0.1) is 12.3 Å². The molecule has 162 valence electrons. The van der Waals surface area contributed by atoms with Gasteiger partial charge >= 0.3 is 0 Å². The van der Waals surface area contributed by atoms with Crippen LogP contribution in [0, 0.1) is 0 Å². The molecule has 0 aliphatic carbocycles. The summed E-state index contributed by atoms with van der Waals surface area (Å²) in [6.07, 6.45) is 4.16. The summed E-state index contributed by atoms with van der Waals surface area (Å²) in [5, 5.41) is 2.77. The maximum atomic E-state index is 11.1. The molecular weight excluding hydrogens is 398 g/mol. The average molecular weight is 426 g/mol. The van der Waals surface area contributed by atoms with Crippen LogP contribution in [0.15, 0.2) is 83.9 Å². The number of para-hydroxylation sites is 1. The standard InChI is InChI=1S/C27H27N3O2/c1-20(31)29-23-13-10-22(11-14-23)19-32-24-7-5-6-21(18-24)12-15-26-25-8-3-4-9-27(25)30(2)17-16-28-26/h3-15,18H,16-17,19H2,1-2H3,(H,29,31). The Morgan fingerprint density at radius 2 is 1.88 bits per heavy atom. The molecule has 4 rings (SSSR count). The molecule has 0 aromatic heterocycles. The van der Waals surface area contributed by atoms with Crippen molar-refractivity contribution in [3.63, 3.8) is 0 Å². The van der Waals surface area contributed by atoms with E-state index in [4.69, 9.17) is 9.73 Å². The van der Waals surface area contributed by atoms with Crippen LogP contribution in [0.4, 0.5) is 11.4 Å². The second-order valence-electron chi connectivity index (χ2n) is 7.78. The minimum atomic E-state index is -0.0795. The fourth-order valence-electron chi connectivity index (χ4n) is 3.63. The molecule has 3 aromatic carbocycles. The molecule has 1 aliphatic rings. The lowest BCUT2D eigenvalue weighted by molar-refractivity contribution is -0.114. The number of fused-ring (bicyclic) bond motifs is 1. The van der Waals surface area contributed by atoms with E-state index in [2.05, 4.69) is 59.7 Å². The Hall–Kier alpha value is -3.86. The Bertz CT molecular complexity index is 1150. The van der Waals surface area contributed by atoms with Crippen molar-refractivity contribution in [2.24, 2.45) is 4.99 Å². The zero-order chi connectivity index (χ0) is 22.3. The van der Waals surface area contributed by atoms with E-state index in [1.165, 1.54) is 12.6 Å². The number of aliphatic imine (C=N–C) groups is 1. The first-order valence-electron chi connectivity index (χ1n) is 10.7. The summed E-state index contributed by atoms with van der Waals surface area (Å²) >= 11 is 0. The van der Waals surface area contributed by atoms with Gasteiger partial charge in [0.15, 0.2) is 0 Å². The molecule has 0 saturated carbocycles. The van der Waals surface area contributed by atoms with Crippen molar-refractivity contribution in [1.82, 2.24) is 0 Å². The second kappa shape index (κ2) is 9.96. The average Bonchev–Trinajstić information content (AvgIpc) is 2.96. The summed E-state index contributed by atoms with van der Waals surface area (Å²) in [7, 11) is 2.11. The summed E-state index contributed by atoms with van der Waals surface area (Å²) in [6.45, 7) is 3.64. The highest BCUT2D eigenvalue weighted by molar-refractivity contribution is 6.14. The molecule has 1 aliphatic heterocycles. The van der Waals surface area contributed by atoms with Gasteiger partial charge in [-0.25, -0.2) is 0 Å². The molecule has 5 nitrogen and oxygen atoms in total. The summed E-state index contributed by atoms with van der Waals surface area (Å²) in [4.78, 5) is 18.2. The Labute approximate surface area is 189 Å². The Morgan fingerprint density at radius 1 is 1.06 bits per heavy atom. The molecule has 1 N–H and O–H groups in total. The smallest absolute Gasteiger partial charge is 0.221 e. The molecule has 3 aromatic rings. The molecule has 0 saturated heterocycles. The fraction of sp³-hybridized carbons (Fsp3) is 0.185. The lowest BCUT2D eigenvalue weighted by Crippen LogP contribution is -2.20. The largest absolute Gasteiger partial charge is 0.489 e. The fourth-order valence-corrected chi connectivity index (χ4v) is 3.63. The van der Waals surface area contributed by atoms with Crippen LogP contribution in [0.1, 0.15) is 23.6 Å². The van der Waals surface area contributed by atoms with Crippen LogP contribution >= 0.6 is 0 Å². The van der Waals surface area contributed by atoms with E-state index in [0.29, 0.717) is 6.61 Å². The molecule has 0 fully saturated rings. The SMILES string of the molecule is CC(=O)Nc1ccc(COc2cccc(C=CC3=NCCN(C)c4ccccc43)c2)cc1. The number of likely N-dealkylation sites (N-methyl/N-ethyl adjacent to an activating group) is 1. The number of allylic oxidation sites excluding steroid dienone is 1. The van der Waals surface area contributed by atoms with E-state index in [1.807, 2.05) is 42.5 Å². The number of benzene rings is 3. The Kier molecular flexibility index (Phi) is 6.66. The number of rotatable bonds is 6. The van der Waals surface area contributed by atoms with Crippen LogP contribution in [0.3, 0.4) is 0 Å². The topological polar surface area (TPSA) is 53.9 Å². The molecule has 32 heavy (non-hydrogen) atoms. The summed E-state index contributed by atoms with van der Waals surface area (Å²) in [6, 6.07) is 24.1. The molecule has 0 unspecified atom stereocenters. The molecule has 0 radical (unpaired) electrons. The van der Waals surface area contributed by atoms with Gasteiger partial charge in [-0.1, -0.05) is 48.5 Å². The number of carbonyl (C=O) groups is 1. The molecule has 1 heterocycles. The minimum absolute atomic E-state index is 0.0795. The van der Waals surface area contributed by atoms with Gasteiger partial charge in [-0.2, -0.15) is 0 Å². The highest BCUT2D eigenvalue weighted by Crippen LogP contribution is 2.23. The van der Waals surface area contributed by atoms with Gasteiger partial charge in [0.25, 0.3) is 0 Å². The highest BCUT2D eigenvalue weighted by Gasteiger charge is 2.13. The van der Waals surface area contributed by atoms with Crippen molar-refractivity contribution in [1.29, 1.82) is 0 Å². The number of benzodiazepines with no additional fused rings is 1. The highest BCUT2D eigenvalue weighted by atomic mass is 16.5. The second-order valence-corrected chi connectivity index (χ2v) is 7.78. The zero-order valence-electron chi connectivity index (χ0n) is 18.4. The summed E-state index contributed by atoms with van der Waals surface area (Å²) in [5.74, 6) is 0.727. The van der Waals surface area contributed by atoms with E-state index in [0.717, 1.165) is 46.9 Å². The van der Waals surface area contributed by atoms with Crippen molar-refractivity contribution in [2.45, 2.75) is 13.5 Å². The maximum Gasteiger partial charge on any atom is 0.221 e. The summed E-state index contributed by atoms with van der Waals surface area (Å²) < 4.78 is 5.98. The molecule has 0 bridgehead atoms. The van der Waals surface area contributed by atoms with Gasteiger partial charge in [0, 0.05) is 37.5 Å². The number of carbonyl (C=O) groups excluding carboxylic acids is 1. The van der Waals surface area contributed by atoms with Crippen LogP contribution in [0.25, 0.3) is 6.08 Å². The van der Waals surface area contributed by atoms with E-state index in [9.17, 15) is 4.79 Å². The van der Waals surface area contributed by atoms with E-state index in [-0.39, 0.29) is 5.91 Å². The number of ether oxygens (including phenoxy) is 1. The van der Waals surface area contributed by atoms with Gasteiger partial charge in [-0.3, -0.25) is 9.79 Å². The van der Waals surface area contributed by atoms with Crippen LogP contribution in [0.2, 0.25) is 0 Å². The van der Waals surface area contributed by atoms with Crippen LogP contribution in [-0.2, 0) is 11.4 Å². The third kappa shape index (κ3) is 5.43. The molecule has 0 atom stereocenters. The Morgan fingerprint density at radius 3 is 2.69 bits per heavy atom. The predicted molar refractivity (Wildman–Crippen MR) is 132 cm³/mol. The van der Waals surface area contributed by atoms with Gasteiger partial charge in [-0.05, 0) is 47.5 Å². The number of nitrogens with one attached hydrogen (secondary N) is 1. The van der Waals surface area contributed by atoms with E-state index < -0.39 is 0 Å². The predicted octanol–water partition coefficient (Wildman–Crippen LogP) is 5.18. The molecule has 0 spiro atoms. The van der Waals surface area contributed by atoms with Gasteiger partial charge in [0.1, 0.15) is 12.4 Å². The molecule has 5 heteroatoms. The first-order chi connectivity index (χ1) is 15.6. The van der Waals surface area contributed by atoms with Gasteiger partial charge in [-0.15, -0.1) is 0 Å².